The highest BCUT2D eigenvalue weighted by atomic mass is 16.5. The number of likely N-dealkylation sites (tertiary alicyclic amines) is 1. The number of aliphatic hydroxyl groups excluding tert-OH is 1. The van der Waals surface area contributed by atoms with Crippen LogP contribution in [0.1, 0.15) is 35.7 Å². The minimum absolute atomic E-state index is 0.0958. The van der Waals surface area contributed by atoms with Crippen molar-refractivity contribution >= 4 is 12.0 Å². The van der Waals surface area contributed by atoms with Gasteiger partial charge in [0.25, 0.3) is 5.91 Å². The number of carbonyl (C=O) groups is 1. The van der Waals surface area contributed by atoms with E-state index in [0.717, 1.165) is 37.1 Å². The Kier molecular flexibility index (Phi) is 9.36. The fourth-order valence-corrected chi connectivity index (χ4v) is 4.32. The molecule has 1 fully saturated rings. The first-order valence-electron chi connectivity index (χ1n) is 11.7. The number of hydrogen-bond donors (Lipinski definition) is 1. The van der Waals surface area contributed by atoms with Gasteiger partial charge in [0, 0.05) is 31.7 Å². The van der Waals surface area contributed by atoms with E-state index in [9.17, 15) is 9.90 Å². The van der Waals surface area contributed by atoms with Gasteiger partial charge in [-0.25, -0.2) is 0 Å². The third-order valence-corrected chi connectivity index (χ3v) is 6.00. The molecule has 2 aromatic rings. The van der Waals surface area contributed by atoms with Gasteiger partial charge in [0.15, 0.2) is 11.5 Å². The molecule has 1 atom stereocenters. The van der Waals surface area contributed by atoms with Gasteiger partial charge in [0.2, 0.25) is 5.75 Å². The fourth-order valence-electron chi connectivity index (χ4n) is 4.32. The van der Waals surface area contributed by atoms with Crippen LogP contribution in [0.15, 0.2) is 48.0 Å². The van der Waals surface area contributed by atoms with Crippen molar-refractivity contribution in [2.45, 2.75) is 25.9 Å². The summed E-state index contributed by atoms with van der Waals surface area (Å²) < 4.78 is 16.3. The molecule has 0 aliphatic carbocycles. The molecule has 0 saturated carbocycles. The molecule has 3 rings (SSSR count). The molecule has 2 aromatic carbocycles. The highest BCUT2D eigenvalue weighted by Crippen LogP contribution is 2.38. The van der Waals surface area contributed by atoms with Crippen molar-refractivity contribution in [1.82, 2.24) is 9.80 Å². The van der Waals surface area contributed by atoms with E-state index in [1.807, 2.05) is 42.2 Å². The van der Waals surface area contributed by atoms with E-state index in [2.05, 4.69) is 11.0 Å². The zero-order valence-corrected chi connectivity index (χ0v) is 20.6. The molecule has 0 spiro atoms. The topological polar surface area (TPSA) is 71.5 Å². The summed E-state index contributed by atoms with van der Waals surface area (Å²) in [5, 5.41) is 9.80. The van der Waals surface area contributed by atoms with Crippen molar-refractivity contribution in [1.29, 1.82) is 0 Å². The summed E-state index contributed by atoms with van der Waals surface area (Å²) in [5.41, 5.74) is 2.67. The molecule has 1 saturated heterocycles. The Morgan fingerprint density at radius 2 is 1.79 bits per heavy atom. The third-order valence-electron chi connectivity index (χ3n) is 6.00. The monoisotopic (exact) mass is 468 g/mol. The van der Waals surface area contributed by atoms with E-state index in [4.69, 9.17) is 14.2 Å². The second-order valence-electron chi connectivity index (χ2n) is 8.64. The smallest absolute Gasteiger partial charge is 0.254 e. The van der Waals surface area contributed by atoms with Crippen molar-refractivity contribution in [3.05, 3.63) is 59.2 Å². The Hall–Kier alpha value is -3.03. The van der Waals surface area contributed by atoms with Crippen LogP contribution in [-0.4, -0.2) is 81.0 Å². The minimum Gasteiger partial charge on any atom is -0.493 e. The lowest BCUT2D eigenvalue weighted by Gasteiger charge is -2.25. The SMILES string of the molecule is COc1cc(C(=O)N(CCCN2CCC(O)C2)C/C(C)=C/c2ccccc2)cc(OC)c1OC. The van der Waals surface area contributed by atoms with Gasteiger partial charge in [-0.15, -0.1) is 0 Å². The summed E-state index contributed by atoms with van der Waals surface area (Å²) in [5.74, 6) is 1.27. The quantitative estimate of drug-likeness (QED) is 0.542. The molecule has 184 valence electrons. The van der Waals surface area contributed by atoms with Crippen molar-refractivity contribution in [3.63, 3.8) is 0 Å². The fraction of sp³-hybridized carbons (Fsp3) is 0.444. The van der Waals surface area contributed by atoms with Crippen LogP contribution in [0.5, 0.6) is 17.2 Å². The predicted octanol–water partition coefficient (Wildman–Crippen LogP) is 3.71. The summed E-state index contributed by atoms with van der Waals surface area (Å²) >= 11 is 0. The summed E-state index contributed by atoms with van der Waals surface area (Å²) in [6.45, 7) is 5.59. The number of hydrogen-bond acceptors (Lipinski definition) is 6. The van der Waals surface area contributed by atoms with E-state index >= 15 is 0 Å². The van der Waals surface area contributed by atoms with Crippen LogP contribution < -0.4 is 14.2 Å². The highest BCUT2D eigenvalue weighted by molar-refractivity contribution is 5.96. The molecule has 1 heterocycles. The molecule has 34 heavy (non-hydrogen) atoms. The van der Waals surface area contributed by atoms with E-state index in [1.54, 1.807) is 33.5 Å². The molecule has 7 nitrogen and oxygen atoms in total. The Morgan fingerprint density at radius 1 is 1.12 bits per heavy atom. The molecular formula is C27H36N2O5. The van der Waals surface area contributed by atoms with Crippen molar-refractivity contribution in [2.24, 2.45) is 0 Å². The number of β-amino-alcohol motifs (C(OH)–C–C–N with tert-alkyl or cyclic N) is 1. The number of amides is 1. The van der Waals surface area contributed by atoms with Crippen LogP contribution in [0.2, 0.25) is 0 Å². The van der Waals surface area contributed by atoms with Gasteiger partial charge in [-0.3, -0.25) is 4.79 Å². The number of aliphatic hydroxyl groups is 1. The van der Waals surface area contributed by atoms with Crippen molar-refractivity contribution < 1.29 is 24.1 Å². The normalized spacial score (nSPS) is 16.4. The Bertz CT molecular complexity index is 951. The Balaban J connectivity index is 1.81. The predicted molar refractivity (Wildman–Crippen MR) is 134 cm³/mol. The maximum Gasteiger partial charge on any atom is 0.254 e. The summed E-state index contributed by atoms with van der Waals surface area (Å²) in [6, 6.07) is 13.5. The average molecular weight is 469 g/mol. The van der Waals surface area contributed by atoms with Gasteiger partial charge in [-0.05, 0) is 44.0 Å². The van der Waals surface area contributed by atoms with Crippen LogP contribution in [0, 0.1) is 0 Å². The first-order valence-corrected chi connectivity index (χ1v) is 11.7. The van der Waals surface area contributed by atoms with Gasteiger partial charge >= 0.3 is 0 Å². The lowest BCUT2D eigenvalue weighted by Crippen LogP contribution is -2.35. The number of methoxy groups -OCH3 is 3. The summed E-state index contributed by atoms with van der Waals surface area (Å²) in [7, 11) is 4.63. The molecule has 1 aliphatic heterocycles. The zero-order chi connectivity index (χ0) is 24.5. The molecule has 1 N–H and O–H groups in total. The van der Waals surface area contributed by atoms with Crippen LogP contribution >= 0.6 is 0 Å². The van der Waals surface area contributed by atoms with Crippen LogP contribution in [0.4, 0.5) is 0 Å². The molecule has 0 bridgehead atoms. The second kappa shape index (κ2) is 12.4. The van der Waals surface area contributed by atoms with E-state index in [1.165, 1.54) is 0 Å². The van der Waals surface area contributed by atoms with Crippen molar-refractivity contribution in [3.8, 4) is 17.2 Å². The maximum atomic E-state index is 13.6. The lowest BCUT2D eigenvalue weighted by atomic mass is 10.1. The second-order valence-corrected chi connectivity index (χ2v) is 8.64. The molecule has 1 unspecified atom stereocenters. The molecular weight excluding hydrogens is 432 g/mol. The van der Waals surface area contributed by atoms with Crippen molar-refractivity contribution in [2.75, 3.05) is 54.1 Å². The van der Waals surface area contributed by atoms with Gasteiger partial charge < -0.3 is 29.1 Å². The maximum absolute atomic E-state index is 13.6. The average Bonchev–Trinajstić information content (AvgIpc) is 3.27. The molecule has 1 aliphatic rings. The first-order chi connectivity index (χ1) is 16.4. The number of rotatable bonds is 11. The van der Waals surface area contributed by atoms with Gasteiger partial charge in [-0.1, -0.05) is 42.0 Å². The molecule has 0 aromatic heterocycles. The molecule has 7 heteroatoms. The van der Waals surface area contributed by atoms with Crippen LogP contribution in [-0.2, 0) is 0 Å². The third kappa shape index (κ3) is 6.74. The summed E-state index contributed by atoms with van der Waals surface area (Å²) in [6.07, 6.45) is 3.49. The lowest BCUT2D eigenvalue weighted by molar-refractivity contribution is 0.0762. The van der Waals surface area contributed by atoms with Crippen LogP contribution in [0.3, 0.4) is 0 Å². The van der Waals surface area contributed by atoms with E-state index in [-0.39, 0.29) is 12.0 Å². The minimum atomic E-state index is -0.243. The first kappa shape index (κ1) is 25.6. The largest absolute Gasteiger partial charge is 0.493 e. The van der Waals surface area contributed by atoms with E-state index < -0.39 is 0 Å². The molecule has 1 amide bonds. The van der Waals surface area contributed by atoms with Crippen LogP contribution in [0.25, 0.3) is 6.08 Å². The van der Waals surface area contributed by atoms with Gasteiger partial charge in [0.1, 0.15) is 0 Å². The number of nitrogens with zero attached hydrogens (tertiary/aromatic N) is 2. The Morgan fingerprint density at radius 3 is 2.35 bits per heavy atom. The number of benzene rings is 2. The summed E-state index contributed by atoms with van der Waals surface area (Å²) in [4.78, 5) is 17.8. The zero-order valence-electron chi connectivity index (χ0n) is 20.6. The van der Waals surface area contributed by atoms with Gasteiger partial charge in [0.05, 0.1) is 27.4 Å². The molecule has 0 radical (unpaired) electrons. The van der Waals surface area contributed by atoms with E-state index in [0.29, 0.717) is 42.4 Å². The Labute approximate surface area is 202 Å². The number of carbonyl (C=O) groups excluding carboxylic acids is 1. The standard InChI is InChI=1S/C27H36N2O5/c1-20(15-21-9-6-5-7-10-21)18-29(13-8-12-28-14-11-23(30)19-28)27(31)22-16-24(32-2)26(34-4)25(17-22)33-3/h5-7,9-10,15-17,23,30H,8,11-14,18-19H2,1-4H3/b20-15+. The highest BCUT2D eigenvalue weighted by Gasteiger charge is 2.23. The van der Waals surface area contributed by atoms with Gasteiger partial charge in [-0.2, -0.15) is 0 Å². The number of ether oxygens (including phenoxy) is 3.